The van der Waals surface area contributed by atoms with Gasteiger partial charge in [0.15, 0.2) is 6.29 Å². The molecule has 1 atom stereocenters. The molecule has 0 heterocycles. The molecular weight excluding hydrogens is 196 g/mol. The summed E-state index contributed by atoms with van der Waals surface area (Å²) < 4.78 is 0. The van der Waals surface area contributed by atoms with Gasteiger partial charge in [0.1, 0.15) is 5.92 Å². The van der Waals surface area contributed by atoms with Gasteiger partial charge in [0, 0.05) is 0 Å². The molecule has 0 amide bonds. The van der Waals surface area contributed by atoms with Gasteiger partial charge in [0.2, 0.25) is 0 Å². The number of hydrogen-bond donors (Lipinski definition) is 3. The van der Waals surface area contributed by atoms with Crippen molar-refractivity contribution in [3.63, 3.8) is 0 Å². The highest BCUT2D eigenvalue weighted by Gasteiger charge is 2.23. The molecule has 90 valence electrons. The Morgan fingerprint density at radius 2 is 1.60 bits per heavy atom. The molecule has 1 unspecified atom stereocenters. The second-order valence-electron chi connectivity index (χ2n) is 3.91. The maximum Gasteiger partial charge on any atom is 0.311 e. The van der Waals surface area contributed by atoms with Gasteiger partial charge in [-0.25, -0.2) is 0 Å². The zero-order chi connectivity index (χ0) is 11.7. The summed E-state index contributed by atoms with van der Waals surface area (Å²) in [5.41, 5.74) is 0. The van der Waals surface area contributed by atoms with Crippen molar-refractivity contribution in [2.45, 2.75) is 58.2 Å². The summed E-state index contributed by atoms with van der Waals surface area (Å²) in [7, 11) is 0. The Balaban J connectivity index is 3.50. The monoisotopic (exact) mass is 218 g/mol. The van der Waals surface area contributed by atoms with E-state index in [1.165, 1.54) is 19.3 Å². The van der Waals surface area contributed by atoms with E-state index in [4.69, 9.17) is 15.3 Å². The number of hydrogen-bond acceptors (Lipinski definition) is 3. The van der Waals surface area contributed by atoms with Crippen molar-refractivity contribution in [1.82, 2.24) is 0 Å². The lowest BCUT2D eigenvalue weighted by Crippen LogP contribution is -2.27. The molecule has 4 heteroatoms. The Bertz CT molecular complexity index is 168. The van der Waals surface area contributed by atoms with E-state index in [2.05, 4.69) is 6.92 Å². The first-order valence-electron chi connectivity index (χ1n) is 5.68. The lowest BCUT2D eigenvalue weighted by molar-refractivity contribution is -0.159. The van der Waals surface area contributed by atoms with Crippen LogP contribution in [-0.4, -0.2) is 27.6 Å². The highest BCUT2D eigenvalue weighted by atomic mass is 16.5. The molecule has 0 aliphatic heterocycles. The van der Waals surface area contributed by atoms with Crippen LogP contribution >= 0.6 is 0 Å². The Morgan fingerprint density at radius 3 is 2.07 bits per heavy atom. The van der Waals surface area contributed by atoms with Crippen molar-refractivity contribution >= 4 is 5.97 Å². The topological polar surface area (TPSA) is 77.8 Å². The largest absolute Gasteiger partial charge is 0.481 e. The van der Waals surface area contributed by atoms with E-state index in [1.807, 2.05) is 0 Å². The van der Waals surface area contributed by atoms with Crippen molar-refractivity contribution in [1.29, 1.82) is 0 Å². The molecule has 3 N–H and O–H groups in total. The van der Waals surface area contributed by atoms with Crippen LogP contribution in [0, 0.1) is 5.92 Å². The molecular formula is C11H22O4. The van der Waals surface area contributed by atoms with Gasteiger partial charge in [-0.2, -0.15) is 0 Å². The molecule has 0 rings (SSSR count). The first-order chi connectivity index (χ1) is 7.09. The summed E-state index contributed by atoms with van der Waals surface area (Å²) in [6.07, 6.45) is 5.00. The van der Waals surface area contributed by atoms with Gasteiger partial charge in [-0.05, 0) is 6.42 Å². The average molecular weight is 218 g/mol. The Hall–Kier alpha value is -0.610. The summed E-state index contributed by atoms with van der Waals surface area (Å²) >= 11 is 0. The lowest BCUT2D eigenvalue weighted by atomic mass is 10.00. The number of aliphatic carboxylic acids is 1. The summed E-state index contributed by atoms with van der Waals surface area (Å²) in [5.74, 6) is -2.16. The van der Waals surface area contributed by atoms with Crippen LogP contribution in [0.15, 0.2) is 0 Å². The second-order valence-corrected chi connectivity index (χ2v) is 3.91. The van der Waals surface area contributed by atoms with Gasteiger partial charge in [0.25, 0.3) is 0 Å². The van der Waals surface area contributed by atoms with Gasteiger partial charge in [-0.15, -0.1) is 0 Å². The van der Waals surface area contributed by atoms with Crippen LogP contribution in [-0.2, 0) is 4.79 Å². The third kappa shape index (κ3) is 7.33. The molecule has 0 bridgehead atoms. The summed E-state index contributed by atoms with van der Waals surface area (Å²) in [5, 5.41) is 26.3. The molecule has 0 spiro atoms. The second kappa shape index (κ2) is 8.68. The highest BCUT2D eigenvalue weighted by Crippen LogP contribution is 2.14. The molecule has 4 nitrogen and oxygen atoms in total. The Labute approximate surface area is 90.9 Å². The first-order valence-corrected chi connectivity index (χ1v) is 5.68. The van der Waals surface area contributed by atoms with Crippen LogP contribution in [0.4, 0.5) is 0 Å². The fourth-order valence-electron chi connectivity index (χ4n) is 1.54. The zero-order valence-electron chi connectivity index (χ0n) is 9.35. The number of aliphatic hydroxyl groups excluding tert-OH is 1. The molecule has 0 saturated heterocycles. The van der Waals surface area contributed by atoms with E-state index >= 15 is 0 Å². The predicted octanol–water partition coefficient (Wildman–Crippen LogP) is 1.75. The molecule has 0 fully saturated rings. The van der Waals surface area contributed by atoms with E-state index in [-0.39, 0.29) is 0 Å². The SMILES string of the molecule is CCCCCCCCC(C(=O)O)C(O)O. The normalized spacial score (nSPS) is 13.1. The Morgan fingerprint density at radius 1 is 1.07 bits per heavy atom. The van der Waals surface area contributed by atoms with E-state index in [9.17, 15) is 4.79 Å². The predicted molar refractivity (Wildman–Crippen MR) is 57.3 cm³/mol. The Kier molecular flexibility index (Phi) is 8.33. The van der Waals surface area contributed by atoms with Crippen LogP contribution in [0.3, 0.4) is 0 Å². The first kappa shape index (κ1) is 14.4. The van der Waals surface area contributed by atoms with Crippen LogP contribution in [0.1, 0.15) is 51.9 Å². The fraction of sp³-hybridized carbons (Fsp3) is 0.909. The summed E-state index contributed by atoms with van der Waals surface area (Å²) in [4.78, 5) is 10.6. The smallest absolute Gasteiger partial charge is 0.311 e. The van der Waals surface area contributed by atoms with Gasteiger partial charge in [0.05, 0.1) is 0 Å². The molecule has 0 radical (unpaired) electrons. The van der Waals surface area contributed by atoms with Crippen LogP contribution in [0.2, 0.25) is 0 Å². The molecule has 0 aliphatic rings. The summed E-state index contributed by atoms with van der Waals surface area (Å²) in [6, 6.07) is 0. The number of carbonyl (C=O) groups is 1. The lowest BCUT2D eigenvalue weighted by Gasteiger charge is -2.13. The van der Waals surface area contributed by atoms with Gasteiger partial charge in [-0.3, -0.25) is 4.79 Å². The van der Waals surface area contributed by atoms with Crippen molar-refractivity contribution in [3.05, 3.63) is 0 Å². The van der Waals surface area contributed by atoms with E-state index in [0.29, 0.717) is 6.42 Å². The van der Waals surface area contributed by atoms with Gasteiger partial charge < -0.3 is 15.3 Å². The third-order valence-corrected chi connectivity index (χ3v) is 2.55. The van der Waals surface area contributed by atoms with E-state index in [1.54, 1.807) is 0 Å². The van der Waals surface area contributed by atoms with Crippen LogP contribution in [0.25, 0.3) is 0 Å². The third-order valence-electron chi connectivity index (χ3n) is 2.55. The maximum atomic E-state index is 10.6. The van der Waals surface area contributed by atoms with Gasteiger partial charge in [-0.1, -0.05) is 45.4 Å². The van der Waals surface area contributed by atoms with Crippen molar-refractivity contribution < 1.29 is 20.1 Å². The highest BCUT2D eigenvalue weighted by molar-refractivity contribution is 5.70. The quantitative estimate of drug-likeness (QED) is 0.407. The van der Waals surface area contributed by atoms with Crippen molar-refractivity contribution in [3.8, 4) is 0 Å². The number of unbranched alkanes of at least 4 members (excludes halogenated alkanes) is 5. The minimum Gasteiger partial charge on any atom is -0.481 e. The maximum absolute atomic E-state index is 10.6. The molecule has 0 aromatic heterocycles. The average Bonchev–Trinajstić information content (AvgIpc) is 2.15. The standard InChI is InChI=1S/C11H22O4/c1-2-3-4-5-6-7-8-9(10(12)13)11(14)15/h9-10,12-13H,2-8H2,1H3,(H,14,15). The van der Waals surface area contributed by atoms with Crippen LogP contribution in [0.5, 0.6) is 0 Å². The fourth-order valence-corrected chi connectivity index (χ4v) is 1.54. The number of carboxylic acid groups (broad SMARTS) is 1. The van der Waals surface area contributed by atoms with Crippen molar-refractivity contribution in [2.24, 2.45) is 5.92 Å². The minimum atomic E-state index is -1.74. The van der Waals surface area contributed by atoms with Crippen molar-refractivity contribution in [2.75, 3.05) is 0 Å². The number of aliphatic hydroxyl groups is 2. The molecule has 0 aromatic rings. The number of rotatable bonds is 9. The minimum absolute atomic E-state index is 0.346. The molecule has 0 aliphatic carbocycles. The number of carboxylic acids is 1. The van der Waals surface area contributed by atoms with E-state index < -0.39 is 18.2 Å². The van der Waals surface area contributed by atoms with Gasteiger partial charge >= 0.3 is 5.97 Å². The molecule has 0 saturated carbocycles. The molecule has 15 heavy (non-hydrogen) atoms. The summed E-state index contributed by atoms with van der Waals surface area (Å²) in [6.45, 7) is 2.14. The van der Waals surface area contributed by atoms with Crippen LogP contribution < -0.4 is 0 Å². The van der Waals surface area contributed by atoms with E-state index in [0.717, 1.165) is 19.3 Å². The zero-order valence-corrected chi connectivity index (χ0v) is 9.35. The molecule has 0 aromatic carbocycles.